The topological polar surface area (TPSA) is 48.9 Å². The van der Waals surface area contributed by atoms with Gasteiger partial charge in [-0.15, -0.1) is 35.3 Å². The fourth-order valence-electron chi connectivity index (χ4n) is 3.18. The first kappa shape index (κ1) is 23.9. The third-order valence-corrected chi connectivity index (χ3v) is 6.17. The standard InChI is InChI=1S/C21H29FN4OS.HI/c1-21(2,19-5-4-12-28-19)15-25-20(23-3)24-14-16-6-7-18(17(22)13-16)26-8-10-27-11-9-26;/h4-7,12-13H,8-11,14-15H2,1-3H3,(H2,23,24,25);1H. The molecule has 1 aromatic carbocycles. The molecule has 1 fully saturated rings. The second-order valence-electron chi connectivity index (χ2n) is 7.53. The summed E-state index contributed by atoms with van der Waals surface area (Å²) in [6.07, 6.45) is 0. The van der Waals surface area contributed by atoms with Crippen molar-refractivity contribution < 1.29 is 9.13 Å². The van der Waals surface area contributed by atoms with E-state index < -0.39 is 0 Å². The molecule has 2 aromatic rings. The number of nitrogens with zero attached hydrogens (tertiary/aromatic N) is 2. The van der Waals surface area contributed by atoms with Crippen LogP contribution in [0.5, 0.6) is 0 Å². The molecule has 0 aliphatic carbocycles. The minimum absolute atomic E-state index is 0. The van der Waals surface area contributed by atoms with Gasteiger partial charge in [-0.25, -0.2) is 4.39 Å². The number of thiophene rings is 1. The Morgan fingerprint density at radius 2 is 2.00 bits per heavy atom. The molecule has 1 aliphatic rings. The van der Waals surface area contributed by atoms with Crippen molar-refractivity contribution in [2.45, 2.75) is 25.8 Å². The number of aliphatic imine (C=N–C) groups is 1. The lowest BCUT2D eigenvalue weighted by Gasteiger charge is -2.29. The molecule has 29 heavy (non-hydrogen) atoms. The maximum Gasteiger partial charge on any atom is 0.191 e. The largest absolute Gasteiger partial charge is 0.378 e. The van der Waals surface area contributed by atoms with E-state index in [-0.39, 0.29) is 35.2 Å². The molecule has 2 heterocycles. The molecular weight excluding hydrogens is 502 g/mol. The molecule has 0 saturated carbocycles. The summed E-state index contributed by atoms with van der Waals surface area (Å²) < 4.78 is 19.9. The van der Waals surface area contributed by atoms with Gasteiger partial charge in [0, 0.05) is 43.5 Å². The van der Waals surface area contributed by atoms with Gasteiger partial charge in [-0.1, -0.05) is 26.0 Å². The normalized spacial score (nSPS) is 15.0. The molecule has 0 bridgehead atoms. The van der Waals surface area contributed by atoms with Gasteiger partial charge in [-0.3, -0.25) is 4.99 Å². The highest BCUT2D eigenvalue weighted by Gasteiger charge is 2.22. The van der Waals surface area contributed by atoms with E-state index in [1.54, 1.807) is 24.5 Å². The zero-order valence-electron chi connectivity index (χ0n) is 17.2. The number of ether oxygens (including phenoxy) is 1. The molecule has 0 unspecified atom stereocenters. The summed E-state index contributed by atoms with van der Waals surface area (Å²) in [6.45, 7) is 8.43. The first-order chi connectivity index (χ1) is 13.5. The molecule has 1 saturated heterocycles. The van der Waals surface area contributed by atoms with Crippen LogP contribution in [0.1, 0.15) is 24.3 Å². The Morgan fingerprint density at radius 1 is 1.24 bits per heavy atom. The third kappa shape index (κ3) is 6.55. The summed E-state index contributed by atoms with van der Waals surface area (Å²) in [7, 11) is 1.75. The van der Waals surface area contributed by atoms with Crippen LogP contribution >= 0.6 is 35.3 Å². The zero-order valence-corrected chi connectivity index (χ0v) is 20.4. The van der Waals surface area contributed by atoms with Crippen LogP contribution in [-0.2, 0) is 16.7 Å². The van der Waals surface area contributed by atoms with Crippen LogP contribution in [0.3, 0.4) is 0 Å². The van der Waals surface area contributed by atoms with Gasteiger partial charge < -0.3 is 20.3 Å². The molecule has 1 aliphatic heterocycles. The van der Waals surface area contributed by atoms with E-state index >= 15 is 0 Å². The molecule has 0 spiro atoms. The first-order valence-electron chi connectivity index (χ1n) is 9.59. The van der Waals surface area contributed by atoms with E-state index in [2.05, 4.69) is 47.0 Å². The Hall–Kier alpha value is -1.39. The molecule has 8 heteroatoms. The molecule has 0 atom stereocenters. The van der Waals surface area contributed by atoms with E-state index in [0.29, 0.717) is 31.4 Å². The van der Waals surface area contributed by atoms with E-state index in [1.165, 1.54) is 4.88 Å². The Kier molecular flexibility index (Phi) is 9.16. The Labute approximate surface area is 193 Å². The molecule has 5 nitrogen and oxygen atoms in total. The molecule has 1 aromatic heterocycles. The van der Waals surface area contributed by atoms with Gasteiger partial charge in [0.1, 0.15) is 5.82 Å². The predicted octanol–water partition coefficient (Wildman–Crippen LogP) is 3.98. The lowest BCUT2D eigenvalue weighted by atomic mass is 9.91. The molecule has 2 N–H and O–H groups in total. The first-order valence-corrected chi connectivity index (χ1v) is 10.5. The summed E-state index contributed by atoms with van der Waals surface area (Å²) in [5.74, 6) is 0.519. The fraction of sp³-hybridized carbons (Fsp3) is 0.476. The van der Waals surface area contributed by atoms with Crippen LogP contribution in [0.4, 0.5) is 10.1 Å². The number of benzene rings is 1. The number of anilines is 1. The average Bonchev–Trinajstić information content (AvgIpc) is 3.25. The maximum absolute atomic E-state index is 14.5. The van der Waals surface area contributed by atoms with Gasteiger partial charge in [-0.2, -0.15) is 0 Å². The summed E-state index contributed by atoms with van der Waals surface area (Å²) in [5, 5.41) is 8.74. The van der Waals surface area contributed by atoms with Crippen LogP contribution in [0, 0.1) is 5.82 Å². The van der Waals surface area contributed by atoms with Crippen molar-refractivity contribution in [3.63, 3.8) is 0 Å². The molecule has 0 amide bonds. The molecular formula is C21H30FIN4OS. The van der Waals surface area contributed by atoms with Crippen molar-refractivity contribution in [1.82, 2.24) is 10.6 Å². The van der Waals surface area contributed by atoms with Crippen LogP contribution in [0.2, 0.25) is 0 Å². The van der Waals surface area contributed by atoms with E-state index in [1.807, 2.05) is 17.0 Å². The smallest absolute Gasteiger partial charge is 0.191 e. The highest BCUT2D eigenvalue weighted by Crippen LogP contribution is 2.26. The number of rotatable bonds is 6. The minimum atomic E-state index is -0.192. The highest BCUT2D eigenvalue weighted by atomic mass is 127. The number of nitrogens with one attached hydrogen (secondary N) is 2. The van der Waals surface area contributed by atoms with Gasteiger partial charge >= 0.3 is 0 Å². The Bertz CT molecular complexity index is 792. The Balaban J connectivity index is 0.00000300. The lowest BCUT2D eigenvalue weighted by molar-refractivity contribution is 0.122. The summed E-state index contributed by atoms with van der Waals surface area (Å²) >= 11 is 1.76. The third-order valence-electron chi connectivity index (χ3n) is 4.93. The van der Waals surface area contributed by atoms with Crippen molar-refractivity contribution >= 4 is 47.0 Å². The van der Waals surface area contributed by atoms with Crippen LogP contribution < -0.4 is 15.5 Å². The minimum Gasteiger partial charge on any atom is -0.378 e. The van der Waals surface area contributed by atoms with Gasteiger partial charge in [0.25, 0.3) is 0 Å². The monoisotopic (exact) mass is 532 g/mol. The van der Waals surface area contributed by atoms with E-state index in [4.69, 9.17) is 4.74 Å². The fourth-order valence-corrected chi connectivity index (χ4v) is 4.04. The van der Waals surface area contributed by atoms with E-state index in [0.717, 1.165) is 25.2 Å². The van der Waals surface area contributed by atoms with Gasteiger partial charge in [0.05, 0.1) is 18.9 Å². The Morgan fingerprint density at radius 3 is 2.62 bits per heavy atom. The molecule has 0 radical (unpaired) electrons. The summed E-state index contributed by atoms with van der Waals surface area (Å²) in [4.78, 5) is 7.64. The van der Waals surface area contributed by atoms with Crippen molar-refractivity contribution in [3.8, 4) is 0 Å². The number of guanidine groups is 1. The number of hydrogen-bond donors (Lipinski definition) is 2. The number of halogens is 2. The van der Waals surface area contributed by atoms with Crippen molar-refractivity contribution in [3.05, 3.63) is 52.0 Å². The maximum atomic E-state index is 14.5. The highest BCUT2D eigenvalue weighted by molar-refractivity contribution is 14.0. The second-order valence-corrected chi connectivity index (χ2v) is 8.47. The molecule has 3 rings (SSSR count). The average molecular weight is 532 g/mol. The van der Waals surface area contributed by atoms with Crippen LogP contribution in [0.15, 0.2) is 40.7 Å². The lowest BCUT2D eigenvalue weighted by Crippen LogP contribution is -2.43. The SMILES string of the molecule is CN=C(NCc1ccc(N2CCOCC2)c(F)c1)NCC(C)(C)c1cccs1.I. The zero-order chi connectivity index (χ0) is 20.0. The van der Waals surface area contributed by atoms with Crippen LogP contribution in [0.25, 0.3) is 0 Å². The van der Waals surface area contributed by atoms with Crippen LogP contribution in [-0.4, -0.2) is 45.9 Å². The second kappa shape index (κ2) is 11.1. The van der Waals surface area contributed by atoms with Crippen molar-refractivity contribution in [2.75, 3.05) is 44.8 Å². The quantitative estimate of drug-likeness (QED) is 0.336. The number of hydrogen-bond acceptors (Lipinski definition) is 4. The number of morpholine rings is 1. The summed E-state index contributed by atoms with van der Waals surface area (Å²) in [5.41, 5.74) is 1.54. The van der Waals surface area contributed by atoms with Gasteiger partial charge in [0.15, 0.2) is 5.96 Å². The van der Waals surface area contributed by atoms with Crippen molar-refractivity contribution in [1.29, 1.82) is 0 Å². The van der Waals surface area contributed by atoms with Gasteiger partial charge in [-0.05, 0) is 29.1 Å². The molecule has 160 valence electrons. The van der Waals surface area contributed by atoms with Gasteiger partial charge in [0.2, 0.25) is 0 Å². The van der Waals surface area contributed by atoms with E-state index in [9.17, 15) is 4.39 Å². The summed E-state index contributed by atoms with van der Waals surface area (Å²) in [6, 6.07) is 9.64. The van der Waals surface area contributed by atoms with Crippen molar-refractivity contribution in [2.24, 2.45) is 4.99 Å². The predicted molar refractivity (Wildman–Crippen MR) is 130 cm³/mol.